The number of hydrogen-bond donors (Lipinski definition) is 3. The first kappa shape index (κ1) is 41.4. The SMILES string of the molecule is C[C@@H]1C[C@H]2C(=O)OC[C@H](NC(=O)[C@H](Cc3ccccc3)NC(=O)Cc3cc(C(C)(C)C)on3)C(=O)N3CCC[C@H]3C(=O)N3CCCC[C@H]3C(=O)N[C@@H](C)C(=O)N2C1. The second kappa shape index (κ2) is 17.5. The Bertz CT molecular complexity index is 1840. The number of aromatic nitrogens is 1. The van der Waals surface area contributed by atoms with Crippen LogP contribution in [0.3, 0.4) is 0 Å². The minimum atomic E-state index is -1.44. The molecule has 0 unspecified atom stereocenters. The zero-order valence-corrected chi connectivity index (χ0v) is 33.5. The lowest BCUT2D eigenvalue weighted by Crippen LogP contribution is -2.62. The number of nitrogens with one attached hydrogen (secondary N) is 3. The fourth-order valence-corrected chi connectivity index (χ4v) is 8.21. The highest BCUT2D eigenvalue weighted by molar-refractivity contribution is 5.98. The Morgan fingerprint density at radius 3 is 2.32 bits per heavy atom. The normalized spacial score (nSPS) is 26.9. The van der Waals surface area contributed by atoms with Gasteiger partial charge in [0, 0.05) is 37.5 Å². The van der Waals surface area contributed by atoms with Crippen LogP contribution in [0.25, 0.3) is 0 Å². The van der Waals surface area contributed by atoms with Gasteiger partial charge in [0.2, 0.25) is 35.4 Å². The molecule has 6 rings (SSSR count). The van der Waals surface area contributed by atoms with Crippen molar-refractivity contribution in [1.82, 2.24) is 35.8 Å². The van der Waals surface area contributed by atoms with Crippen LogP contribution in [0.1, 0.15) is 90.2 Å². The van der Waals surface area contributed by atoms with Crippen molar-refractivity contribution in [1.29, 1.82) is 0 Å². The lowest BCUT2D eigenvalue weighted by atomic mass is 9.93. The van der Waals surface area contributed by atoms with Crippen LogP contribution >= 0.6 is 0 Å². The molecule has 7 atom stereocenters. The van der Waals surface area contributed by atoms with Crippen LogP contribution in [0, 0.1) is 5.92 Å². The van der Waals surface area contributed by atoms with Crippen LogP contribution < -0.4 is 16.0 Å². The Labute approximate surface area is 332 Å². The predicted molar refractivity (Wildman–Crippen MR) is 205 cm³/mol. The number of esters is 1. The molecular weight excluding hydrogens is 734 g/mol. The van der Waals surface area contributed by atoms with Gasteiger partial charge in [0.25, 0.3) is 0 Å². The molecule has 0 radical (unpaired) electrons. The Morgan fingerprint density at radius 1 is 0.895 bits per heavy atom. The van der Waals surface area contributed by atoms with Crippen molar-refractivity contribution in [3.63, 3.8) is 0 Å². The van der Waals surface area contributed by atoms with Gasteiger partial charge in [-0.15, -0.1) is 0 Å². The molecule has 308 valence electrons. The van der Waals surface area contributed by atoms with E-state index in [-0.39, 0.29) is 43.2 Å². The molecule has 16 nitrogen and oxygen atoms in total. The Morgan fingerprint density at radius 2 is 1.60 bits per heavy atom. The number of amides is 6. The van der Waals surface area contributed by atoms with Gasteiger partial charge in [-0.2, -0.15) is 0 Å². The van der Waals surface area contributed by atoms with Gasteiger partial charge in [-0.1, -0.05) is 63.2 Å². The van der Waals surface area contributed by atoms with E-state index in [1.54, 1.807) is 25.1 Å². The summed E-state index contributed by atoms with van der Waals surface area (Å²) in [5.41, 5.74) is 0.797. The number of cyclic esters (lactones) is 1. The number of benzene rings is 1. The number of hydrogen-bond acceptors (Lipinski definition) is 10. The van der Waals surface area contributed by atoms with E-state index in [1.165, 1.54) is 14.7 Å². The minimum absolute atomic E-state index is 0.0508. The zero-order chi connectivity index (χ0) is 41.0. The molecule has 2 aromatic rings. The van der Waals surface area contributed by atoms with Gasteiger partial charge in [0.1, 0.15) is 48.6 Å². The highest BCUT2D eigenvalue weighted by Crippen LogP contribution is 2.28. The molecule has 0 saturated carbocycles. The minimum Gasteiger partial charge on any atom is -0.461 e. The lowest BCUT2D eigenvalue weighted by Gasteiger charge is -2.39. The zero-order valence-electron chi connectivity index (χ0n) is 33.5. The molecule has 3 N–H and O–H groups in total. The number of piperidine rings is 1. The monoisotopic (exact) mass is 789 g/mol. The molecule has 5 heterocycles. The average molecular weight is 790 g/mol. The molecule has 0 spiro atoms. The van der Waals surface area contributed by atoms with E-state index >= 15 is 0 Å². The standard InChI is InChI=1S/C41H55N7O9/c1-24-18-32-40(55)56-23-29(44-35(50)28(19-26-12-7-6-8-13-26)43-34(49)21-27-20-33(57-45-27)41(3,4)5)38(53)47-17-11-15-31(47)39(54)46-16-10-9-14-30(46)36(51)42-25(2)37(52)48(32)22-24/h6-8,12-13,20,24-25,28-32H,9-11,14-19,21-23H2,1-5H3,(H,42,51)(H,43,49)(H,44,50)/t24-,25+,28+,29+,30+,31+,32+/m1/s1. The Kier molecular flexibility index (Phi) is 12.7. The first-order valence-electron chi connectivity index (χ1n) is 20.1. The Hall–Kier alpha value is -5.28. The van der Waals surface area contributed by atoms with E-state index in [0.29, 0.717) is 56.5 Å². The van der Waals surface area contributed by atoms with Gasteiger partial charge in [-0.05, 0) is 56.9 Å². The molecule has 1 aromatic heterocycles. The Balaban J connectivity index is 1.29. The molecule has 4 fully saturated rings. The van der Waals surface area contributed by atoms with Crippen molar-refractivity contribution < 1.29 is 42.8 Å². The lowest BCUT2D eigenvalue weighted by molar-refractivity contribution is -0.158. The predicted octanol–water partition coefficient (Wildman–Crippen LogP) is 1.40. The van der Waals surface area contributed by atoms with Crippen molar-refractivity contribution >= 4 is 41.4 Å². The molecule has 16 heteroatoms. The van der Waals surface area contributed by atoms with E-state index in [9.17, 15) is 33.6 Å². The van der Waals surface area contributed by atoms with Crippen LogP contribution in [-0.2, 0) is 56.6 Å². The summed E-state index contributed by atoms with van der Waals surface area (Å²) in [7, 11) is 0. The quantitative estimate of drug-likeness (QED) is 0.345. The maximum absolute atomic E-state index is 14.5. The van der Waals surface area contributed by atoms with Gasteiger partial charge in [-0.3, -0.25) is 28.8 Å². The smallest absolute Gasteiger partial charge is 0.328 e. The van der Waals surface area contributed by atoms with Crippen molar-refractivity contribution in [3.8, 4) is 0 Å². The number of nitrogens with zero attached hydrogens (tertiary/aromatic N) is 4. The third kappa shape index (κ3) is 9.65. The fraction of sp³-hybridized carbons (Fsp3) is 0.610. The van der Waals surface area contributed by atoms with Gasteiger partial charge < -0.3 is 39.9 Å². The average Bonchev–Trinajstić information content (AvgIpc) is 3.95. The van der Waals surface area contributed by atoms with E-state index < -0.39 is 78.4 Å². The summed E-state index contributed by atoms with van der Waals surface area (Å²) in [5, 5.41) is 12.4. The molecular formula is C41H55N7O9. The fourth-order valence-electron chi connectivity index (χ4n) is 8.21. The summed E-state index contributed by atoms with van der Waals surface area (Å²) in [5.74, 6) is -3.37. The number of carbonyl (C=O) groups is 7. The molecule has 4 saturated heterocycles. The maximum Gasteiger partial charge on any atom is 0.328 e. The van der Waals surface area contributed by atoms with Gasteiger partial charge >= 0.3 is 5.97 Å². The summed E-state index contributed by atoms with van der Waals surface area (Å²) in [4.78, 5) is 102. The maximum atomic E-state index is 14.5. The first-order chi connectivity index (χ1) is 27.1. The molecule has 4 aliphatic heterocycles. The summed E-state index contributed by atoms with van der Waals surface area (Å²) < 4.78 is 11.2. The molecule has 0 aliphatic carbocycles. The molecule has 0 bridgehead atoms. The highest BCUT2D eigenvalue weighted by atomic mass is 16.5. The highest BCUT2D eigenvalue weighted by Gasteiger charge is 2.46. The second-order valence-electron chi connectivity index (χ2n) is 16.9. The number of rotatable bonds is 7. The molecule has 4 aliphatic rings. The van der Waals surface area contributed by atoms with Crippen LogP contribution in [0.4, 0.5) is 0 Å². The molecule has 6 amide bonds. The second-order valence-corrected chi connectivity index (χ2v) is 16.9. The van der Waals surface area contributed by atoms with Crippen LogP contribution in [-0.4, -0.2) is 124 Å². The largest absolute Gasteiger partial charge is 0.461 e. The van der Waals surface area contributed by atoms with Crippen LogP contribution in [0.15, 0.2) is 40.9 Å². The summed E-state index contributed by atoms with van der Waals surface area (Å²) in [6, 6.07) is 4.46. The summed E-state index contributed by atoms with van der Waals surface area (Å²) in [6.07, 6.45) is 2.84. The van der Waals surface area contributed by atoms with E-state index in [4.69, 9.17) is 9.26 Å². The molecule has 1 aromatic carbocycles. The third-order valence-corrected chi connectivity index (χ3v) is 11.3. The van der Waals surface area contributed by atoms with E-state index in [1.807, 2.05) is 45.9 Å². The van der Waals surface area contributed by atoms with Crippen molar-refractivity contribution in [2.45, 2.75) is 128 Å². The first-order valence-corrected chi connectivity index (χ1v) is 20.1. The summed E-state index contributed by atoms with van der Waals surface area (Å²) >= 11 is 0. The number of carbonyl (C=O) groups excluding carboxylic acids is 7. The van der Waals surface area contributed by atoms with E-state index in [0.717, 1.165) is 5.56 Å². The number of ether oxygens (including phenoxy) is 1. The van der Waals surface area contributed by atoms with Crippen molar-refractivity contribution in [2.75, 3.05) is 26.2 Å². The molecule has 57 heavy (non-hydrogen) atoms. The van der Waals surface area contributed by atoms with Gasteiger partial charge in [0.05, 0.1) is 12.1 Å². The third-order valence-electron chi connectivity index (χ3n) is 11.3. The summed E-state index contributed by atoms with van der Waals surface area (Å²) in [6.45, 7) is 9.53. The van der Waals surface area contributed by atoms with Gasteiger partial charge in [0.15, 0.2) is 0 Å². The van der Waals surface area contributed by atoms with Gasteiger partial charge in [-0.25, -0.2) is 4.79 Å². The van der Waals surface area contributed by atoms with Crippen LogP contribution in [0.5, 0.6) is 0 Å². The number of fused-ring (bicyclic) bond motifs is 3. The van der Waals surface area contributed by atoms with Crippen LogP contribution in [0.2, 0.25) is 0 Å². The van der Waals surface area contributed by atoms with Crippen molar-refractivity contribution in [2.24, 2.45) is 5.92 Å². The van der Waals surface area contributed by atoms with Crippen molar-refractivity contribution in [3.05, 3.63) is 53.4 Å². The van der Waals surface area contributed by atoms with E-state index in [2.05, 4.69) is 21.1 Å². The topological polar surface area (TPSA) is 201 Å².